The molecule has 0 spiro atoms. The molecular weight excluding hydrogens is 292 g/mol. The Morgan fingerprint density at radius 3 is 2.57 bits per heavy atom. The Kier molecular flexibility index (Phi) is 4.22. The van der Waals surface area contributed by atoms with Crippen molar-refractivity contribution in [1.29, 1.82) is 0 Å². The first-order valence-electron chi connectivity index (χ1n) is 7.00. The topological polar surface area (TPSA) is 21.3 Å². The molecule has 5 heteroatoms. The van der Waals surface area contributed by atoms with Crippen LogP contribution in [0.25, 0.3) is 0 Å². The van der Waals surface area contributed by atoms with Gasteiger partial charge in [-0.25, -0.2) is 8.78 Å². The van der Waals surface area contributed by atoms with Crippen molar-refractivity contribution in [2.75, 3.05) is 0 Å². The summed E-state index contributed by atoms with van der Waals surface area (Å²) in [6.07, 6.45) is 2.54. The van der Waals surface area contributed by atoms with E-state index in [0.717, 1.165) is 18.2 Å². The van der Waals surface area contributed by atoms with E-state index < -0.39 is 11.6 Å². The largest absolute Gasteiger partial charge is 0.489 e. The van der Waals surface area contributed by atoms with Crippen LogP contribution in [-0.2, 0) is 13.2 Å². The van der Waals surface area contributed by atoms with E-state index in [2.05, 4.69) is 11.4 Å². The monoisotopic (exact) mass is 309 g/mol. The molecule has 0 amide bonds. The molecule has 3 rings (SSSR count). The van der Waals surface area contributed by atoms with E-state index in [9.17, 15) is 8.78 Å². The highest BCUT2D eigenvalue weighted by Gasteiger charge is 2.20. The van der Waals surface area contributed by atoms with Gasteiger partial charge in [0.25, 0.3) is 0 Å². The van der Waals surface area contributed by atoms with Crippen molar-refractivity contribution in [2.45, 2.75) is 39.0 Å². The minimum absolute atomic E-state index is 0.218. The van der Waals surface area contributed by atoms with Crippen LogP contribution in [0.2, 0.25) is 0 Å². The maximum absolute atomic E-state index is 13.1. The summed E-state index contributed by atoms with van der Waals surface area (Å²) >= 11 is 1.73. The van der Waals surface area contributed by atoms with E-state index in [0.29, 0.717) is 12.6 Å². The lowest BCUT2D eigenvalue weighted by Gasteiger charge is -2.06. The second-order valence-electron chi connectivity index (χ2n) is 5.34. The van der Waals surface area contributed by atoms with Crippen molar-refractivity contribution in [3.63, 3.8) is 0 Å². The molecule has 1 aliphatic carbocycles. The summed E-state index contributed by atoms with van der Waals surface area (Å²) < 4.78 is 31.7. The Balaban J connectivity index is 1.61. The van der Waals surface area contributed by atoms with Crippen LogP contribution in [0.3, 0.4) is 0 Å². The zero-order valence-electron chi connectivity index (χ0n) is 11.8. The van der Waals surface area contributed by atoms with Gasteiger partial charge in [-0.1, -0.05) is 0 Å². The van der Waals surface area contributed by atoms with Crippen molar-refractivity contribution in [3.05, 3.63) is 51.2 Å². The number of hydrogen-bond donors (Lipinski definition) is 1. The Hall–Kier alpha value is -1.46. The van der Waals surface area contributed by atoms with E-state index in [1.807, 2.05) is 6.92 Å². The van der Waals surface area contributed by atoms with Crippen molar-refractivity contribution >= 4 is 11.3 Å². The third-order valence-corrected chi connectivity index (χ3v) is 4.54. The standard InChI is InChI=1S/C16H17F2NOS/c1-10-11(4-16(21-10)8-19-14-2-3-14)9-20-15-6-12(17)5-13(18)7-15/h4-7,14,19H,2-3,8-9H2,1H3. The number of halogens is 2. The Bertz CT molecular complexity index is 617. The lowest BCUT2D eigenvalue weighted by molar-refractivity contribution is 0.302. The lowest BCUT2D eigenvalue weighted by atomic mass is 10.2. The second kappa shape index (κ2) is 6.12. The van der Waals surface area contributed by atoms with Crippen LogP contribution < -0.4 is 10.1 Å². The summed E-state index contributed by atoms with van der Waals surface area (Å²) in [5, 5.41) is 3.47. The molecule has 2 aromatic rings. The highest BCUT2D eigenvalue weighted by molar-refractivity contribution is 7.12. The Morgan fingerprint density at radius 1 is 1.19 bits per heavy atom. The molecule has 0 aliphatic heterocycles. The SMILES string of the molecule is Cc1sc(CNC2CC2)cc1COc1cc(F)cc(F)c1. The number of aryl methyl sites for hydroxylation is 1. The fourth-order valence-electron chi connectivity index (χ4n) is 2.12. The van der Waals surface area contributed by atoms with Crippen LogP contribution in [0.15, 0.2) is 24.3 Å². The highest BCUT2D eigenvalue weighted by atomic mass is 32.1. The van der Waals surface area contributed by atoms with Gasteiger partial charge in [0.1, 0.15) is 24.0 Å². The number of hydrogen-bond acceptors (Lipinski definition) is 3. The first-order chi connectivity index (χ1) is 10.1. The molecule has 1 N–H and O–H groups in total. The number of rotatable bonds is 6. The van der Waals surface area contributed by atoms with Gasteiger partial charge >= 0.3 is 0 Å². The number of thiophene rings is 1. The van der Waals surface area contributed by atoms with Gasteiger partial charge < -0.3 is 10.1 Å². The minimum Gasteiger partial charge on any atom is -0.489 e. The Labute approximate surface area is 126 Å². The van der Waals surface area contributed by atoms with E-state index in [1.54, 1.807) is 11.3 Å². The quantitative estimate of drug-likeness (QED) is 0.865. The number of ether oxygens (including phenoxy) is 1. The fraction of sp³-hybridized carbons (Fsp3) is 0.375. The first-order valence-corrected chi connectivity index (χ1v) is 7.82. The van der Waals surface area contributed by atoms with Crippen LogP contribution in [0.5, 0.6) is 5.75 Å². The van der Waals surface area contributed by atoms with Crippen LogP contribution in [0, 0.1) is 18.6 Å². The molecule has 1 aromatic heterocycles. The first kappa shape index (κ1) is 14.5. The van der Waals surface area contributed by atoms with Gasteiger partial charge in [-0.15, -0.1) is 11.3 Å². The van der Waals surface area contributed by atoms with Gasteiger partial charge in [0.15, 0.2) is 0 Å². The second-order valence-corrected chi connectivity index (χ2v) is 6.68. The van der Waals surface area contributed by atoms with E-state index >= 15 is 0 Å². The van der Waals surface area contributed by atoms with Crippen LogP contribution in [0.1, 0.15) is 28.2 Å². The van der Waals surface area contributed by atoms with E-state index in [-0.39, 0.29) is 5.75 Å². The smallest absolute Gasteiger partial charge is 0.129 e. The normalized spacial score (nSPS) is 14.4. The highest BCUT2D eigenvalue weighted by Crippen LogP contribution is 2.25. The van der Waals surface area contributed by atoms with Crippen LogP contribution in [-0.4, -0.2) is 6.04 Å². The molecule has 1 heterocycles. The van der Waals surface area contributed by atoms with Gasteiger partial charge in [-0.05, 0) is 25.8 Å². The summed E-state index contributed by atoms with van der Waals surface area (Å²) in [6.45, 7) is 3.25. The summed E-state index contributed by atoms with van der Waals surface area (Å²) in [5.41, 5.74) is 1.07. The summed E-state index contributed by atoms with van der Waals surface area (Å²) in [7, 11) is 0. The number of nitrogens with one attached hydrogen (secondary N) is 1. The van der Waals surface area contributed by atoms with E-state index in [1.165, 1.54) is 34.7 Å². The molecule has 112 valence electrons. The zero-order chi connectivity index (χ0) is 14.8. The molecular formula is C16H17F2NOS. The summed E-state index contributed by atoms with van der Waals surface area (Å²) in [4.78, 5) is 2.45. The fourth-order valence-corrected chi connectivity index (χ4v) is 3.12. The molecule has 21 heavy (non-hydrogen) atoms. The Morgan fingerprint density at radius 2 is 1.90 bits per heavy atom. The summed E-state index contributed by atoms with van der Waals surface area (Å²) in [6, 6.07) is 6.01. The van der Waals surface area contributed by atoms with Crippen molar-refractivity contribution in [1.82, 2.24) is 5.32 Å². The average molecular weight is 309 g/mol. The van der Waals surface area contributed by atoms with Gasteiger partial charge in [-0.3, -0.25) is 0 Å². The maximum atomic E-state index is 13.1. The van der Waals surface area contributed by atoms with Crippen molar-refractivity contribution in [2.24, 2.45) is 0 Å². The molecule has 0 bridgehead atoms. The zero-order valence-corrected chi connectivity index (χ0v) is 12.6. The van der Waals surface area contributed by atoms with E-state index in [4.69, 9.17) is 4.74 Å². The predicted molar refractivity (Wildman–Crippen MR) is 79.6 cm³/mol. The number of benzene rings is 1. The third kappa shape index (κ3) is 4.02. The molecule has 1 saturated carbocycles. The lowest BCUT2D eigenvalue weighted by Crippen LogP contribution is -2.14. The van der Waals surface area contributed by atoms with Gasteiger partial charge in [0.2, 0.25) is 0 Å². The molecule has 0 saturated heterocycles. The molecule has 0 radical (unpaired) electrons. The van der Waals surface area contributed by atoms with Crippen LogP contribution in [0.4, 0.5) is 8.78 Å². The maximum Gasteiger partial charge on any atom is 0.129 e. The molecule has 1 aromatic carbocycles. The molecule has 1 fully saturated rings. The van der Waals surface area contributed by atoms with Crippen LogP contribution >= 0.6 is 11.3 Å². The average Bonchev–Trinajstić information content (AvgIpc) is 3.17. The molecule has 2 nitrogen and oxygen atoms in total. The van der Waals surface area contributed by atoms with Gasteiger partial charge in [-0.2, -0.15) is 0 Å². The molecule has 0 unspecified atom stereocenters. The van der Waals surface area contributed by atoms with Crippen molar-refractivity contribution in [3.8, 4) is 5.75 Å². The van der Waals surface area contributed by atoms with Gasteiger partial charge in [0.05, 0.1) is 0 Å². The molecule has 0 atom stereocenters. The minimum atomic E-state index is -0.624. The molecule has 1 aliphatic rings. The summed E-state index contributed by atoms with van der Waals surface area (Å²) in [5.74, 6) is -1.03. The van der Waals surface area contributed by atoms with Gasteiger partial charge in [0, 0.05) is 46.1 Å². The third-order valence-electron chi connectivity index (χ3n) is 3.44. The predicted octanol–water partition coefficient (Wildman–Crippen LogP) is 4.17. The van der Waals surface area contributed by atoms with Crippen molar-refractivity contribution < 1.29 is 13.5 Å².